The van der Waals surface area contributed by atoms with Gasteiger partial charge in [0.2, 0.25) is 5.91 Å². The number of aromatic nitrogens is 1. The zero-order chi connectivity index (χ0) is 14.4. The zero-order valence-electron chi connectivity index (χ0n) is 11.5. The molecule has 1 aliphatic rings. The number of pyridine rings is 1. The second kappa shape index (κ2) is 7.00. The van der Waals surface area contributed by atoms with Crippen LogP contribution >= 0.6 is 0 Å². The molecular weight excluding hydrogens is 258 g/mol. The Morgan fingerprint density at radius 3 is 2.80 bits per heavy atom. The van der Waals surface area contributed by atoms with Crippen molar-refractivity contribution in [3.8, 4) is 0 Å². The fourth-order valence-electron chi connectivity index (χ4n) is 2.30. The highest BCUT2D eigenvalue weighted by molar-refractivity contribution is 5.93. The Hall–Kier alpha value is -1.95. The van der Waals surface area contributed by atoms with Gasteiger partial charge in [-0.1, -0.05) is 0 Å². The van der Waals surface area contributed by atoms with Crippen LogP contribution in [0.4, 0.5) is 0 Å². The molecular formula is C14H19N3O3. The van der Waals surface area contributed by atoms with E-state index in [9.17, 15) is 9.59 Å². The molecule has 1 aliphatic heterocycles. The molecule has 0 aliphatic carbocycles. The minimum Gasteiger partial charge on any atom is -0.375 e. The number of likely N-dealkylation sites (tertiary alicyclic amines) is 1. The van der Waals surface area contributed by atoms with Crippen LogP contribution in [-0.2, 0) is 9.53 Å². The van der Waals surface area contributed by atoms with E-state index in [0.29, 0.717) is 18.7 Å². The maximum absolute atomic E-state index is 12.2. The summed E-state index contributed by atoms with van der Waals surface area (Å²) in [6.07, 6.45) is 4.76. The van der Waals surface area contributed by atoms with E-state index in [4.69, 9.17) is 4.74 Å². The largest absolute Gasteiger partial charge is 0.375 e. The number of amides is 2. The third-order valence-electron chi connectivity index (χ3n) is 3.33. The minimum atomic E-state index is -0.107. The van der Waals surface area contributed by atoms with Crippen LogP contribution in [0.1, 0.15) is 23.2 Å². The SMILES string of the molecule is COCC(=O)NC1CCN(C(=O)c2cccnc2)CC1. The fraction of sp³-hybridized carbons (Fsp3) is 0.500. The summed E-state index contributed by atoms with van der Waals surface area (Å²) >= 11 is 0. The molecule has 0 spiro atoms. The quantitative estimate of drug-likeness (QED) is 0.867. The van der Waals surface area contributed by atoms with E-state index in [1.54, 1.807) is 29.4 Å². The van der Waals surface area contributed by atoms with Crippen LogP contribution in [0, 0.1) is 0 Å². The summed E-state index contributed by atoms with van der Waals surface area (Å²) in [6, 6.07) is 3.64. The van der Waals surface area contributed by atoms with Gasteiger partial charge in [0.25, 0.3) is 5.91 Å². The molecule has 1 aromatic rings. The molecule has 1 aromatic heterocycles. The highest BCUT2D eigenvalue weighted by Crippen LogP contribution is 2.13. The summed E-state index contributed by atoms with van der Waals surface area (Å²) in [5.41, 5.74) is 0.606. The Balaban J connectivity index is 1.82. The third kappa shape index (κ3) is 3.77. The Morgan fingerprint density at radius 1 is 1.45 bits per heavy atom. The highest BCUT2D eigenvalue weighted by Gasteiger charge is 2.24. The maximum atomic E-state index is 12.2. The van der Waals surface area contributed by atoms with E-state index in [-0.39, 0.29) is 24.5 Å². The number of piperidine rings is 1. The van der Waals surface area contributed by atoms with Gasteiger partial charge in [-0.2, -0.15) is 0 Å². The van der Waals surface area contributed by atoms with Gasteiger partial charge in [0.15, 0.2) is 0 Å². The molecule has 1 saturated heterocycles. The lowest BCUT2D eigenvalue weighted by atomic mass is 10.0. The first-order valence-electron chi connectivity index (χ1n) is 6.68. The number of hydrogen-bond acceptors (Lipinski definition) is 4. The maximum Gasteiger partial charge on any atom is 0.255 e. The Bertz CT molecular complexity index is 456. The standard InChI is InChI=1S/C14H19N3O3/c1-20-10-13(18)16-12-4-7-17(8-5-12)14(19)11-3-2-6-15-9-11/h2-3,6,9,12H,4-5,7-8,10H2,1H3,(H,16,18). The van der Waals surface area contributed by atoms with Gasteiger partial charge in [-0.05, 0) is 25.0 Å². The number of carbonyl (C=O) groups is 2. The van der Waals surface area contributed by atoms with Gasteiger partial charge in [0.05, 0.1) is 5.56 Å². The van der Waals surface area contributed by atoms with Crippen molar-refractivity contribution in [3.63, 3.8) is 0 Å². The summed E-state index contributed by atoms with van der Waals surface area (Å²) in [5.74, 6) is -0.107. The molecule has 1 N–H and O–H groups in total. The number of hydrogen-bond donors (Lipinski definition) is 1. The van der Waals surface area contributed by atoms with E-state index >= 15 is 0 Å². The van der Waals surface area contributed by atoms with Gasteiger partial charge < -0.3 is 15.0 Å². The number of rotatable bonds is 4. The summed E-state index contributed by atoms with van der Waals surface area (Å²) in [6.45, 7) is 1.37. The lowest BCUT2D eigenvalue weighted by molar-refractivity contribution is -0.125. The molecule has 1 fully saturated rings. The van der Waals surface area contributed by atoms with Gasteiger partial charge in [-0.25, -0.2) is 0 Å². The van der Waals surface area contributed by atoms with Crippen LogP contribution in [0.3, 0.4) is 0 Å². The molecule has 0 unspecified atom stereocenters. The summed E-state index contributed by atoms with van der Waals surface area (Å²) in [7, 11) is 1.49. The first-order valence-corrected chi connectivity index (χ1v) is 6.68. The molecule has 20 heavy (non-hydrogen) atoms. The first-order chi connectivity index (χ1) is 9.70. The number of nitrogens with one attached hydrogen (secondary N) is 1. The molecule has 108 valence electrons. The van der Waals surface area contributed by atoms with Crippen LogP contribution in [0.25, 0.3) is 0 Å². The van der Waals surface area contributed by atoms with Gasteiger partial charge in [0, 0.05) is 38.6 Å². The molecule has 0 radical (unpaired) electrons. The monoisotopic (exact) mass is 277 g/mol. The van der Waals surface area contributed by atoms with Crippen molar-refractivity contribution in [1.29, 1.82) is 0 Å². The number of carbonyl (C=O) groups excluding carboxylic acids is 2. The van der Waals surface area contributed by atoms with E-state index in [1.807, 2.05) is 0 Å². The van der Waals surface area contributed by atoms with E-state index in [2.05, 4.69) is 10.3 Å². The zero-order valence-corrected chi connectivity index (χ0v) is 11.5. The van der Waals surface area contributed by atoms with Gasteiger partial charge in [-0.3, -0.25) is 14.6 Å². The van der Waals surface area contributed by atoms with Crippen molar-refractivity contribution in [2.45, 2.75) is 18.9 Å². The van der Waals surface area contributed by atoms with Gasteiger partial charge in [-0.15, -0.1) is 0 Å². The Labute approximate surface area is 118 Å². The van der Waals surface area contributed by atoms with Crippen LogP contribution in [0.15, 0.2) is 24.5 Å². The van der Waals surface area contributed by atoms with Crippen molar-refractivity contribution < 1.29 is 14.3 Å². The summed E-state index contributed by atoms with van der Waals surface area (Å²) in [4.78, 5) is 29.4. The van der Waals surface area contributed by atoms with Gasteiger partial charge in [0.1, 0.15) is 6.61 Å². The number of methoxy groups -OCH3 is 1. The Morgan fingerprint density at radius 2 is 2.20 bits per heavy atom. The third-order valence-corrected chi connectivity index (χ3v) is 3.33. The molecule has 2 heterocycles. The summed E-state index contributed by atoms with van der Waals surface area (Å²) in [5, 5.41) is 2.90. The molecule has 6 nitrogen and oxygen atoms in total. The lowest BCUT2D eigenvalue weighted by Gasteiger charge is -2.32. The van der Waals surface area contributed by atoms with Crippen molar-refractivity contribution in [3.05, 3.63) is 30.1 Å². The van der Waals surface area contributed by atoms with Gasteiger partial charge >= 0.3 is 0 Å². The van der Waals surface area contributed by atoms with E-state index in [0.717, 1.165) is 12.8 Å². The average molecular weight is 277 g/mol. The van der Waals surface area contributed by atoms with E-state index < -0.39 is 0 Å². The second-order valence-electron chi connectivity index (χ2n) is 4.81. The minimum absolute atomic E-state index is 0.000215. The molecule has 0 saturated carbocycles. The topological polar surface area (TPSA) is 71.5 Å². The van der Waals surface area contributed by atoms with Crippen molar-refractivity contribution >= 4 is 11.8 Å². The van der Waals surface area contributed by atoms with Crippen LogP contribution in [-0.4, -0.2) is 54.5 Å². The molecule has 0 bridgehead atoms. The highest BCUT2D eigenvalue weighted by atomic mass is 16.5. The Kier molecular flexibility index (Phi) is 5.06. The predicted molar refractivity (Wildman–Crippen MR) is 73.2 cm³/mol. The molecule has 0 atom stereocenters. The van der Waals surface area contributed by atoms with Crippen LogP contribution in [0.5, 0.6) is 0 Å². The smallest absolute Gasteiger partial charge is 0.255 e. The van der Waals surface area contributed by atoms with Crippen LogP contribution in [0.2, 0.25) is 0 Å². The lowest BCUT2D eigenvalue weighted by Crippen LogP contribution is -2.47. The van der Waals surface area contributed by atoms with Crippen LogP contribution < -0.4 is 5.32 Å². The predicted octanol–water partition coefficient (Wildman–Crippen LogP) is 0.449. The molecule has 0 aromatic carbocycles. The molecule has 2 rings (SSSR count). The number of ether oxygens (including phenoxy) is 1. The molecule has 2 amide bonds. The van der Waals surface area contributed by atoms with Crippen molar-refractivity contribution in [1.82, 2.24) is 15.2 Å². The normalized spacial score (nSPS) is 15.9. The van der Waals surface area contributed by atoms with E-state index in [1.165, 1.54) is 7.11 Å². The first kappa shape index (κ1) is 14.5. The van der Waals surface area contributed by atoms with Crippen molar-refractivity contribution in [2.24, 2.45) is 0 Å². The average Bonchev–Trinajstić information content (AvgIpc) is 2.48. The second-order valence-corrected chi connectivity index (χ2v) is 4.81. The van der Waals surface area contributed by atoms with Crippen molar-refractivity contribution in [2.75, 3.05) is 26.8 Å². The number of nitrogens with zero attached hydrogens (tertiary/aromatic N) is 2. The molecule has 6 heteroatoms. The fourth-order valence-corrected chi connectivity index (χ4v) is 2.30. The summed E-state index contributed by atoms with van der Waals surface area (Å²) < 4.78 is 4.78.